The van der Waals surface area contributed by atoms with Crippen molar-refractivity contribution < 1.29 is 57.2 Å². The predicted octanol–water partition coefficient (Wildman–Crippen LogP) is 17.3. The van der Waals surface area contributed by atoms with E-state index in [0.29, 0.717) is 70.8 Å². The Labute approximate surface area is 556 Å². The largest absolute Gasteiger partial charge is 0.422 e. The second kappa shape index (κ2) is 23.9. The fourth-order valence-electron chi connectivity index (χ4n) is 14.4. The van der Waals surface area contributed by atoms with E-state index in [1.807, 2.05) is 187 Å². The van der Waals surface area contributed by atoms with Crippen LogP contribution in [0.2, 0.25) is 0 Å². The van der Waals surface area contributed by atoms with Crippen molar-refractivity contribution in [1.82, 2.24) is 0 Å². The zero-order valence-corrected chi connectivity index (χ0v) is 54.4. The summed E-state index contributed by atoms with van der Waals surface area (Å²) in [7, 11) is 0. The summed E-state index contributed by atoms with van der Waals surface area (Å²) in [5, 5.41) is 2.74. The van der Waals surface area contributed by atoms with Crippen LogP contribution in [0.3, 0.4) is 0 Å². The van der Waals surface area contributed by atoms with Crippen molar-refractivity contribution >= 4 is 68.1 Å². The Balaban J connectivity index is 0.860. The number of hydrogen-bond donors (Lipinski definition) is 0. The average Bonchev–Trinajstić information content (AvgIpc) is 1.61. The molecular formula is C84H72O12. The van der Waals surface area contributed by atoms with E-state index in [4.69, 9.17) is 28.4 Å². The maximum absolute atomic E-state index is 14.7. The molecule has 96 heavy (non-hydrogen) atoms. The fraction of sp³-hybridized carbons (Fsp3) is 0.286. The summed E-state index contributed by atoms with van der Waals surface area (Å²) in [6.07, 6.45) is 3.34. The number of ether oxygens (including phenoxy) is 6. The first-order chi connectivity index (χ1) is 46.4. The van der Waals surface area contributed by atoms with Gasteiger partial charge in [-0.3, -0.25) is 28.8 Å². The van der Waals surface area contributed by atoms with Gasteiger partial charge in [-0.1, -0.05) is 179 Å². The molecule has 0 radical (unpaired) electrons. The monoisotopic (exact) mass is 1270 g/mol. The Morgan fingerprint density at radius 2 is 0.344 bits per heavy atom. The molecule has 12 unspecified atom stereocenters. The third kappa shape index (κ3) is 12.1. The van der Waals surface area contributed by atoms with Crippen molar-refractivity contribution in [3.63, 3.8) is 0 Å². The molecule has 6 aliphatic rings. The minimum atomic E-state index is -0.503. The minimum absolute atomic E-state index is 0.0203. The van der Waals surface area contributed by atoms with Gasteiger partial charge in [-0.05, 0) is 218 Å². The number of carbonyl (C=O) groups is 6. The van der Waals surface area contributed by atoms with Crippen LogP contribution >= 0.6 is 0 Å². The zero-order chi connectivity index (χ0) is 65.9. The summed E-state index contributed by atoms with van der Waals surface area (Å²) in [4.78, 5) is 88.1. The molecule has 0 aliphatic heterocycles. The van der Waals surface area contributed by atoms with E-state index >= 15 is 0 Å². The van der Waals surface area contributed by atoms with Gasteiger partial charge in [-0.15, -0.1) is 0 Å². The van der Waals surface area contributed by atoms with Gasteiger partial charge < -0.3 is 28.4 Å². The Hall–Kier alpha value is -10.2. The predicted molar refractivity (Wildman–Crippen MR) is 365 cm³/mol. The summed E-state index contributed by atoms with van der Waals surface area (Å²) in [6.45, 7) is 12.1. The second-order valence-corrected chi connectivity index (χ2v) is 28.2. The van der Waals surface area contributed by atoms with Crippen molar-refractivity contribution in [3.05, 3.63) is 249 Å². The molecule has 6 saturated carbocycles. The van der Waals surface area contributed by atoms with Crippen LogP contribution in [0.4, 0.5) is 0 Å². The number of carbonyl (C=O) groups excluding carboxylic acids is 6. The molecule has 0 spiro atoms. The highest BCUT2D eigenvalue weighted by Gasteiger charge is 2.51. The van der Waals surface area contributed by atoms with E-state index in [2.05, 4.69) is 0 Å². The van der Waals surface area contributed by atoms with Gasteiger partial charge in [0, 0.05) is 0 Å². The van der Waals surface area contributed by atoms with Gasteiger partial charge in [-0.25, -0.2) is 0 Å². The lowest BCUT2D eigenvalue weighted by molar-refractivity contribution is -0.138. The maximum atomic E-state index is 14.7. The van der Waals surface area contributed by atoms with Gasteiger partial charge in [0.05, 0.1) is 35.5 Å². The van der Waals surface area contributed by atoms with Gasteiger partial charge in [0.25, 0.3) is 0 Å². The lowest BCUT2D eigenvalue weighted by Crippen LogP contribution is -2.16. The third-order valence-electron chi connectivity index (χ3n) is 21.0. The van der Waals surface area contributed by atoms with Gasteiger partial charge in [0.2, 0.25) is 0 Å². The van der Waals surface area contributed by atoms with E-state index in [9.17, 15) is 28.8 Å². The van der Waals surface area contributed by atoms with Crippen LogP contribution in [0.5, 0.6) is 34.5 Å². The first-order valence-electron chi connectivity index (χ1n) is 33.7. The molecule has 0 N–H and O–H groups in total. The summed E-state index contributed by atoms with van der Waals surface area (Å²) in [5.41, 5.74) is 12.7. The Bertz CT molecular complexity index is 4020. The summed E-state index contributed by atoms with van der Waals surface area (Å²) in [5.74, 6) is -6.59. The molecule has 0 saturated heterocycles. The van der Waals surface area contributed by atoms with Crippen LogP contribution < -0.4 is 28.4 Å². The molecule has 10 aromatic carbocycles. The molecule has 0 aromatic heterocycles. The normalized spacial score (nSPS) is 23.9. The summed E-state index contributed by atoms with van der Waals surface area (Å²) < 4.78 is 39.0. The molecule has 480 valence electrons. The first kappa shape index (κ1) is 60.7. The maximum Gasteiger partial charge on any atom is 0.315 e. The smallest absolute Gasteiger partial charge is 0.315 e. The van der Waals surface area contributed by atoms with Crippen LogP contribution in [0.25, 0.3) is 32.3 Å². The van der Waals surface area contributed by atoms with Crippen molar-refractivity contribution in [2.75, 3.05) is 0 Å². The molecule has 0 heterocycles. The van der Waals surface area contributed by atoms with Crippen LogP contribution in [0.15, 0.2) is 182 Å². The number of benzene rings is 10. The minimum Gasteiger partial charge on any atom is -0.422 e. The van der Waals surface area contributed by atoms with Crippen molar-refractivity contribution in [1.29, 1.82) is 0 Å². The van der Waals surface area contributed by atoms with Crippen LogP contribution in [0.1, 0.15) is 141 Å². The van der Waals surface area contributed by atoms with Crippen LogP contribution in [-0.4, -0.2) is 35.8 Å². The van der Waals surface area contributed by atoms with Crippen LogP contribution in [-0.2, 0) is 28.8 Å². The highest BCUT2D eigenvalue weighted by Crippen LogP contribution is 2.56. The fourth-order valence-corrected chi connectivity index (χ4v) is 14.4. The highest BCUT2D eigenvalue weighted by atomic mass is 16.6. The van der Waals surface area contributed by atoms with Crippen molar-refractivity contribution in [3.8, 4) is 34.5 Å². The van der Waals surface area contributed by atoms with Gasteiger partial charge >= 0.3 is 35.8 Å². The molecule has 6 fully saturated rings. The quantitative estimate of drug-likeness (QED) is 0.0455. The van der Waals surface area contributed by atoms with Crippen molar-refractivity contribution in [2.45, 2.75) is 116 Å². The zero-order valence-electron chi connectivity index (χ0n) is 54.4. The van der Waals surface area contributed by atoms with E-state index in [1.165, 1.54) is 0 Å². The highest BCUT2D eigenvalue weighted by molar-refractivity contribution is 6.27. The molecule has 16 rings (SSSR count). The van der Waals surface area contributed by atoms with E-state index in [-0.39, 0.29) is 70.0 Å². The number of fused-ring (bicyclic) bond motifs is 6. The lowest BCUT2D eigenvalue weighted by atomic mass is 9.93. The number of aryl methyl sites for hydroxylation is 6. The lowest BCUT2D eigenvalue weighted by Gasteiger charge is -2.19. The van der Waals surface area contributed by atoms with Crippen molar-refractivity contribution in [2.24, 2.45) is 35.5 Å². The SMILES string of the molecule is Cc1ccc(C2CC2C(=O)Oc2cc3c4cc(OC(=O)C5CC5c5ccc(C)cc5)c(OC(=O)C5CC5c5ccc(C)cc5)cc4c4cc(OC(=O)C5CC5c5ccc(C)cc5)c(OC(=O)C5CC5c5ccc(C)cc5)cc4c3cc2OC(=O)C2CC2c2ccc(C)cc2)cc1. The average molecular weight is 1270 g/mol. The molecule has 12 nitrogen and oxygen atoms in total. The molecule has 10 aromatic rings. The van der Waals surface area contributed by atoms with Gasteiger partial charge in [-0.2, -0.15) is 0 Å². The summed E-state index contributed by atoms with van der Waals surface area (Å²) in [6, 6.07) is 58.6. The standard InChI is InChI=1S/C84H72O12/c1-43-7-19-49(20-8-43)55-31-67(55)79(85)91-73-37-61-62(38-74(73)92-80(86)68-32-56(68)50-21-9-44(2)10-22-50)64-40-76(94-82(88)70-34-58(70)52-25-13-46(4)14-26-52)78(96-84(90)72-36-60(72)54-29-17-48(6)18-30-54)42-66(64)65-41-77(95-83(89)71-35-59(71)53-27-15-47(5)16-28-53)75(39-63(61)65)93-81(87)69-33-57(69)51-23-11-45(3)12-24-51/h7-30,37-42,55-60,67-72H,31-36H2,1-6H3. The topological polar surface area (TPSA) is 158 Å². The first-order valence-corrected chi connectivity index (χ1v) is 33.7. The second-order valence-electron chi connectivity index (χ2n) is 28.2. The Morgan fingerprint density at radius 3 is 0.469 bits per heavy atom. The van der Waals surface area contributed by atoms with E-state index in [0.717, 1.165) is 66.8 Å². The Morgan fingerprint density at radius 1 is 0.219 bits per heavy atom. The van der Waals surface area contributed by atoms with Crippen LogP contribution in [0, 0.1) is 77.0 Å². The van der Waals surface area contributed by atoms with Gasteiger partial charge in [0.15, 0.2) is 34.5 Å². The Kier molecular flexibility index (Phi) is 15.1. The number of esters is 6. The molecule has 6 aliphatic carbocycles. The molecule has 0 amide bonds. The third-order valence-corrected chi connectivity index (χ3v) is 21.0. The number of rotatable bonds is 18. The van der Waals surface area contributed by atoms with Gasteiger partial charge in [0.1, 0.15) is 0 Å². The molecule has 0 bridgehead atoms. The molecular weight excluding hydrogens is 1200 g/mol. The summed E-state index contributed by atoms with van der Waals surface area (Å²) >= 11 is 0. The molecule has 12 heteroatoms. The van der Waals surface area contributed by atoms with E-state index in [1.54, 1.807) is 36.4 Å². The van der Waals surface area contributed by atoms with E-state index < -0.39 is 71.3 Å². The number of hydrogen-bond acceptors (Lipinski definition) is 12. The molecule has 12 atom stereocenters.